The van der Waals surface area contributed by atoms with Crippen molar-refractivity contribution in [1.82, 2.24) is 0 Å². The molecule has 0 aromatic carbocycles. The van der Waals surface area contributed by atoms with E-state index in [0.29, 0.717) is 25.7 Å². The van der Waals surface area contributed by atoms with Crippen molar-refractivity contribution in [3.8, 4) is 0 Å². The predicted octanol–water partition coefficient (Wildman–Crippen LogP) is 3.04. The molecular weight excluding hydrogens is 320 g/mol. The van der Waals surface area contributed by atoms with Gasteiger partial charge in [-0.3, -0.25) is 4.79 Å². The molecule has 0 aromatic heterocycles. The minimum atomic E-state index is -0.846. The number of unbranched alkanes of at least 4 members (excludes halogenated alkanes) is 3. The summed E-state index contributed by atoms with van der Waals surface area (Å²) >= 11 is 0. The van der Waals surface area contributed by atoms with E-state index in [1.54, 1.807) is 12.2 Å². The van der Waals surface area contributed by atoms with Crippen LogP contribution in [-0.2, 0) is 4.79 Å². The largest absolute Gasteiger partial charge is 0.481 e. The van der Waals surface area contributed by atoms with E-state index in [2.05, 4.69) is 13.0 Å². The third-order valence-electron chi connectivity index (χ3n) is 4.92. The third-order valence-corrected chi connectivity index (χ3v) is 4.92. The topological polar surface area (TPSA) is 98.0 Å². The molecule has 0 radical (unpaired) electrons. The van der Waals surface area contributed by atoms with E-state index in [4.69, 9.17) is 5.11 Å². The first kappa shape index (κ1) is 21.9. The molecular formula is C20H34O5. The van der Waals surface area contributed by atoms with Crippen molar-refractivity contribution >= 4 is 5.97 Å². The summed E-state index contributed by atoms with van der Waals surface area (Å²) in [4.78, 5) is 10.6. The van der Waals surface area contributed by atoms with Gasteiger partial charge >= 0.3 is 5.97 Å². The van der Waals surface area contributed by atoms with Crippen molar-refractivity contribution in [1.29, 1.82) is 0 Å². The van der Waals surface area contributed by atoms with Crippen LogP contribution in [0.15, 0.2) is 24.3 Å². The Labute approximate surface area is 151 Å². The van der Waals surface area contributed by atoms with Gasteiger partial charge in [0, 0.05) is 18.8 Å². The SMILES string of the molecule is CCCCC/C=C\C[C@@H](O)/C=C/[C@@H]1[C@@H](CCCC(=O)O)[C@@H](O)C[C@H]1O. The minimum Gasteiger partial charge on any atom is -0.481 e. The van der Waals surface area contributed by atoms with E-state index >= 15 is 0 Å². The lowest BCUT2D eigenvalue weighted by Crippen LogP contribution is -2.21. The maximum atomic E-state index is 10.6. The second-order valence-electron chi connectivity index (χ2n) is 7.05. The average molecular weight is 354 g/mol. The second kappa shape index (κ2) is 12.2. The van der Waals surface area contributed by atoms with Gasteiger partial charge in [0.1, 0.15) is 0 Å². The Morgan fingerprint density at radius 2 is 1.92 bits per heavy atom. The number of carboxylic acid groups (broad SMARTS) is 1. The van der Waals surface area contributed by atoms with Gasteiger partial charge in [-0.1, -0.05) is 44.1 Å². The molecule has 0 aromatic rings. The number of aliphatic hydroxyl groups excluding tert-OH is 3. The zero-order valence-electron chi connectivity index (χ0n) is 15.3. The second-order valence-corrected chi connectivity index (χ2v) is 7.05. The van der Waals surface area contributed by atoms with Crippen LogP contribution in [-0.4, -0.2) is 44.7 Å². The van der Waals surface area contributed by atoms with Crippen molar-refractivity contribution < 1.29 is 25.2 Å². The van der Waals surface area contributed by atoms with E-state index in [1.807, 2.05) is 6.08 Å². The van der Waals surface area contributed by atoms with Crippen molar-refractivity contribution in [2.75, 3.05) is 0 Å². The van der Waals surface area contributed by atoms with E-state index < -0.39 is 24.3 Å². The number of aliphatic carboxylic acids is 1. The molecule has 0 saturated heterocycles. The number of hydrogen-bond donors (Lipinski definition) is 4. The van der Waals surface area contributed by atoms with Crippen molar-refractivity contribution in [2.24, 2.45) is 11.8 Å². The first-order chi connectivity index (χ1) is 12.0. The minimum absolute atomic E-state index is 0.0706. The lowest BCUT2D eigenvalue weighted by molar-refractivity contribution is -0.137. The number of hydrogen-bond acceptors (Lipinski definition) is 4. The maximum Gasteiger partial charge on any atom is 0.303 e. The molecule has 1 saturated carbocycles. The zero-order valence-corrected chi connectivity index (χ0v) is 15.3. The molecule has 0 aliphatic heterocycles. The highest BCUT2D eigenvalue weighted by atomic mass is 16.4. The highest BCUT2D eigenvalue weighted by Gasteiger charge is 2.39. The van der Waals surface area contributed by atoms with Crippen LogP contribution in [0.25, 0.3) is 0 Å². The van der Waals surface area contributed by atoms with Gasteiger partial charge in [0.2, 0.25) is 0 Å². The normalized spacial score (nSPS) is 28.2. The van der Waals surface area contributed by atoms with Gasteiger partial charge in [0.05, 0.1) is 18.3 Å². The molecule has 0 heterocycles. The van der Waals surface area contributed by atoms with Crippen LogP contribution in [0.3, 0.4) is 0 Å². The number of rotatable bonds is 12. The summed E-state index contributed by atoms with van der Waals surface area (Å²) in [7, 11) is 0. The first-order valence-electron chi connectivity index (χ1n) is 9.55. The van der Waals surface area contributed by atoms with Crippen LogP contribution in [0.1, 0.15) is 64.7 Å². The average Bonchev–Trinajstić information content (AvgIpc) is 2.82. The van der Waals surface area contributed by atoms with Gasteiger partial charge in [0.15, 0.2) is 0 Å². The van der Waals surface area contributed by atoms with Gasteiger partial charge < -0.3 is 20.4 Å². The molecule has 5 atom stereocenters. The lowest BCUT2D eigenvalue weighted by atomic mass is 9.88. The molecule has 5 heteroatoms. The third kappa shape index (κ3) is 8.66. The number of allylic oxidation sites excluding steroid dienone is 1. The standard InChI is InChI=1S/C20H34O5/c1-2-3-4-5-6-7-9-15(21)12-13-17-16(10-8-11-20(24)25)18(22)14-19(17)23/h6-7,12-13,15-19,21-23H,2-5,8-11,14H2,1H3,(H,24,25)/b7-6-,13-12+/t15-,16-,17-,18+,19-/m1/s1. The molecule has 25 heavy (non-hydrogen) atoms. The summed E-state index contributed by atoms with van der Waals surface area (Å²) in [6, 6.07) is 0. The van der Waals surface area contributed by atoms with Crippen LogP contribution < -0.4 is 0 Å². The Bertz CT molecular complexity index is 432. The molecule has 1 aliphatic rings. The van der Waals surface area contributed by atoms with E-state index in [0.717, 1.165) is 6.42 Å². The molecule has 1 aliphatic carbocycles. The Kier molecular flexibility index (Phi) is 10.7. The first-order valence-corrected chi connectivity index (χ1v) is 9.55. The van der Waals surface area contributed by atoms with Crippen molar-refractivity contribution in [3.05, 3.63) is 24.3 Å². The highest BCUT2D eigenvalue weighted by Crippen LogP contribution is 2.37. The molecule has 4 N–H and O–H groups in total. The zero-order chi connectivity index (χ0) is 18.7. The Balaban J connectivity index is 2.44. The van der Waals surface area contributed by atoms with Gasteiger partial charge in [0.25, 0.3) is 0 Å². The number of carbonyl (C=O) groups is 1. The van der Waals surface area contributed by atoms with Crippen LogP contribution in [0, 0.1) is 11.8 Å². The lowest BCUT2D eigenvalue weighted by Gasteiger charge is -2.20. The van der Waals surface area contributed by atoms with Crippen LogP contribution >= 0.6 is 0 Å². The molecule has 0 amide bonds. The van der Waals surface area contributed by atoms with Gasteiger partial charge in [-0.15, -0.1) is 0 Å². The summed E-state index contributed by atoms with van der Waals surface area (Å²) in [5.41, 5.74) is 0. The van der Waals surface area contributed by atoms with Gasteiger partial charge in [-0.2, -0.15) is 0 Å². The van der Waals surface area contributed by atoms with Gasteiger partial charge in [-0.25, -0.2) is 0 Å². The summed E-state index contributed by atoms with van der Waals surface area (Å²) in [6.07, 6.45) is 12.3. The molecule has 144 valence electrons. The summed E-state index contributed by atoms with van der Waals surface area (Å²) < 4.78 is 0. The van der Waals surface area contributed by atoms with E-state index in [1.165, 1.54) is 19.3 Å². The molecule has 0 unspecified atom stereocenters. The van der Waals surface area contributed by atoms with Crippen LogP contribution in [0.4, 0.5) is 0 Å². The molecule has 0 spiro atoms. The van der Waals surface area contributed by atoms with Crippen LogP contribution in [0.5, 0.6) is 0 Å². The summed E-state index contributed by atoms with van der Waals surface area (Å²) in [5, 5.41) is 39.0. The number of carboxylic acids is 1. The number of aliphatic hydroxyl groups is 3. The predicted molar refractivity (Wildman–Crippen MR) is 98.1 cm³/mol. The van der Waals surface area contributed by atoms with Crippen LogP contribution in [0.2, 0.25) is 0 Å². The summed E-state index contributed by atoms with van der Waals surface area (Å²) in [5.74, 6) is -1.23. The highest BCUT2D eigenvalue weighted by molar-refractivity contribution is 5.66. The molecule has 0 bridgehead atoms. The molecule has 1 rings (SSSR count). The van der Waals surface area contributed by atoms with Crippen molar-refractivity contribution in [3.63, 3.8) is 0 Å². The quantitative estimate of drug-likeness (QED) is 0.319. The smallest absolute Gasteiger partial charge is 0.303 e. The monoisotopic (exact) mass is 354 g/mol. The van der Waals surface area contributed by atoms with E-state index in [9.17, 15) is 20.1 Å². The van der Waals surface area contributed by atoms with E-state index in [-0.39, 0.29) is 18.3 Å². The maximum absolute atomic E-state index is 10.6. The fourth-order valence-corrected chi connectivity index (χ4v) is 3.47. The Morgan fingerprint density at radius 3 is 2.60 bits per heavy atom. The Morgan fingerprint density at radius 1 is 1.16 bits per heavy atom. The molecule has 1 fully saturated rings. The van der Waals surface area contributed by atoms with Crippen molar-refractivity contribution in [2.45, 2.75) is 83.0 Å². The fourth-order valence-electron chi connectivity index (χ4n) is 3.47. The molecule has 5 nitrogen and oxygen atoms in total. The fraction of sp³-hybridized carbons (Fsp3) is 0.750. The summed E-state index contributed by atoms with van der Waals surface area (Å²) in [6.45, 7) is 2.17. The van der Waals surface area contributed by atoms with Gasteiger partial charge in [-0.05, 0) is 38.0 Å². The Hall–Kier alpha value is -1.17.